The number of rotatable bonds is 2. The second-order valence-corrected chi connectivity index (χ2v) is 10.4. The maximum atomic E-state index is 13.0. The third-order valence-corrected chi connectivity index (χ3v) is 6.55. The van der Waals surface area contributed by atoms with Crippen LogP contribution in [0.4, 0.5) is 4.79 Å². The highest BCUT2D eigenvalue weighted by Crippen LogP contribution is 2.31. The lowest BCUT2D eigenvalue weighted by Crippen LogP contribution is -2.36. The summed E-state index contributed by atoms with van der Waals surface area (Å²) >= 11 is 0. The van der Waals surface area contributed by atoms with E-state index in [2.05, 4.69) is 21.8 Å². The molecule has 0 unspecified atom stereocenters. The summed E-state index contributed by atoms with van der Waals surface area (Å²) in [4.78, 5) is 27.6. The van der Waals surface area contributed by atoms with E-state index in [1.54, 1.807) is 21.7 Å². The molecule has 0 saturated carbocycles. The molecule has 0 spiro atoms. The number of aryl methyl sites for hydroxylation is 2. The number of aromatic nitrogens is 4. The van der Waals surface area contributed by atoms with Gasteiger partial charge >= 0.3 is 6.09 Å². The number of pyridine rings is 1. The first-order chi connectivity index (χ1) is 17.1. The summed E-state index contributed by atoms with van der Waals surface area (Å²) in [7, 11) is 2.05. The van der Waals surface area contributed by atoms with Gasteiger partial charge in [-0.3, -0.25) is 9.36 Å². The van der Waals surface area contributed by atoms with E-state index < -0.39 is 5.60 Å². The summed E-state index contributed by atoms with van der Waals surface area (Å²) in [5, 5.41) is 9.37. The molecule has 0 atom stereocenters. The first-order valence-electron chi connectivity index (χ1n) is 12.2. The normalized spacial score (nSPS) is 14.0. The molecule has 0 radical (unpaired) electrons. The van der Waals surface area contributed by atoms with Gasteiger partial charge in [0.15, 0.2) is 0 Å². The minimum Gasteiger partial charge on any atom is -0.444 e. The van der Waals surface area contributed by atoms with Crippen LogP contribution in [0.5, 0.6) is 0 Å². The predicted molar refractivity (Wildman–Crippen MR) is 139 cm³/mol. The van der Waals surface area contributed by atoms with Gasteiger partial charge in [0, 0.05) is 48.1 Å². The molecule has 8 heteroatoms. The van der Waals surface area contributed by atoms with Crippen molar-refractivity contribution in [3.63, 3.8) is 0 Å². The molecule has 8 nitrogen and oxygen atoms in total. The lowest BCUT2D eigenvalue weighted by molar-refractivity contribution is 0.0237. The fraction of sp³-hybridized carbons (Fsp3) is 0.357. The molecule has 0 fully saturated rings. The van der Waals surface area contributed by atoms with Gasteiger partial charge in [0.25, 0.3) is 5.56 Å². The Balaban J connectivity index is 1.49. The highest BCUT2D eigenvalue weighted by Gasteiger charge is 2.27. The van der Waals surface area contributed by atoms with Gasteiger partial charge < -0.3 is 14.2 Å². The zero-order valence-corrected chi connectivity index (χ0v) is 21.4. The molecule has 1 amide bonds. The molecule has 1 aliphatic heterocycles. The van der Waals surface area contributed by atoms with Gasteiger partial charge in [-0.25, -0.2) is 4.79 Å². The van der Waals surface area contributed by atoms with E-state index in [1.807, 2.05) is 64.1 Å². The van der Waals surface area contributed by atoms with E-state index >= 15 is 0 Å². The van der Waals surface area contributed by atoms with Crippen LogP contribution < -0.4 is 5.56 Å². The van der Waals surface area contributed by atoms with Crippen LogP contribution in [-0.4, -0.2) is 42.5 Å². The molecule has 0 N–H and O–H groups in total. The molecule has 0 aliphatic carbocycles. The van der Waals surface area contributed by atoms with E-state index in [0.717, 1.165) is 46.3 Å². The number of hydrogen-bond acceptors (Lipinski definition) is 5. The Bertz CT molecular complexity index is 1510. The summed E-state index contributed by atoms with van der Waals surface area (Å²) in [6.45, 7) is 8.70. The van der Waals surface area contributed by atoms with Crippen LogP contribution in [0.2, 0.25) is 0 Å². The largest absolute Gasteiger partial charge is 0.444 e. The Morgan fingerprint density at radius 1 is 1.06 bits per heavy atom. The van der Waals surface area contributed by atoms with Crippen molar-refractivity contribution in [2.75, 3.05) is 6.54 Å². The number of nitrogens with zero attached hydrogens (tertiary/aromatic N) is 5. The van der Waals surface area contributed by atoms with Crippen molar-refractivity contribution in [3.8, 4) is 16.9 Å². The molecule has 4 heterocycles. The number of carbonyl (C=O) groups is 1. The van der Waals surface area contributed by atoms with E-state index in [0.29, 0.717) is 18.8 Å². The standard InChI is InChI=1S/C28H31N5O3/c1-18-8-11-23(30-29-18)19-12-14-33(26(34)15-19)20-9-10-21-22-17-32(27(35)36-28(2,3)4)13-6-7-24(22)31(5)25(21)16-20/h8-12,14-16H,6-7,13,17H2,1-5H3. The molecular weight excluding hydrogens is 454 g/mol. The fourth-order valence-corrected chi connectivity index (χ4v) is 4.79. The van der Waals surface area contributed by atoms with Crippen molar-refractivity contribution in [1.82, 2.24) is 24.2 Å². The Labute approximate surface area is 210 Å². The first-order valence-corrected chi connectivity index (χ1v) is 12.2. The van der Waals surface area contributed by atoms with Gasteiger partial charge in [-0.1, -0.05) is 6.07 Å². The fourth-order valence-electron chi connectivity index (χ4n) is 4.79. The minimum atomic E-state index is -0.533. The van der Waals surface area contributed by atoms with Gasteiger partial charge in [-0.05, 0) is 70.9 Å². The van der Waals surface area contributed by atoms with Crippen molar-refractivity contribution >= 4 is 17.0 Å². The van der Waals surface area contributed by atoms with Crippen LogP contribution in [0.25, 0.3) is 27.8 Å². The molecule has 36 heavy (non-hydrogen) atoms. The SMILES string of the molecule is Cc1ccc(-c2ccn(-c3ccc4c5c(n(C)c4c3)CCCN(C(=O)OC(C)(C)C)C5)c(=O)c2)nn1. The summed E-state index contributed by atoms with van der Waals surface area (Å²) in [6, 6.07) is 13.3. The lowest BCUT2D eigenvalue weighted by Gasteiger charge is -2.26. The average Bonchev–Trinajstić information content (AvgIpc) is 2.97. The Hall–Kier alpha value is -3.94. The maximum Gasteiger partial charge on any atom is 0.410 e. The van der Waals surface area contributed by atoms with Crippen molar-refractivity contribution < 1.29 is 9.53 Å². The molecule has 1 aliphatic rings. The van der Waals surface area contributed by atoms with Crippen LogP contribution in [0, 0.1) is 6.92 Å². The number of carbonyl (C=O) groups excluding carboxylic acids is 1. The minimum absolute atomic E-state index is 0.138. The highest BCUT2D eigenvalue weighted by molar-refractivity contribution is 5.88. The summed E-state index contributed by atoms with van der Waals surface area (Å²) < 4.78 is 9.46. The number of benzene rings is 1. The summed E-state index contributed by atoms with van der Waals surface area (Å²) in [6.07, 6.45) is 3.24. The molecule has 0 bridgehead atoms. The number of fused-ring (bicyclic) bond motifs is 3. The Morgan fingerprint density at radius 2 is 1.86 bits per heavy atom. The van der Waals surface area contributed by atoms with Gasteiger partial charge in [0.2, 0.25) is 0 Å². The van der Waals surface area contributed by atoms with E-state index in [4.69, 9.17) is 4.74 Å². The third kappa shape index (κ3) is 4.51. The number of hydrogen-bond donors (Lipinski definition) is 0. The summed E-state index contributed by atoms with van der Waals surface area (Å²) in [5.74, 6) is 0. The van der Waals surface area contributed by atoms with Crippen LogP contribution in [-0.2, 0) is 24.8 Å². The quantitative estimate of drug-likeness (QED) is 0.408. The van der Waals surface area contributed by atoms with Crippen molar-refractivity contribution in [2.45, 2.75) is 52.7 Å². The van der Waals surface area contributed by atoms with Gasteiger partial charge in [0.1, 0.15) is 5.60 Å². The third-order valence-electron chi connectivity index (χ3n) is 6.55. The average molecular weight is 486 g/mol. The highest BCUT2D eigenvalue weighted by atomic mass is 16.6. The van der Waals surface area contributed by atoms with Crippen molar-refractivity contribution in [1.29, 1.82) is 0 Å². The molecule has 0 saturated heterocycles. The molecule has 3 aromatic heterocycles. The van der Waals surface area contributed by atoms with Crippen molar-refractivity contribution in [2.24, 2.45) is 7.05 Å². The van der Waals surface area contributed by atoms with E-state index in [9.17, 15) is 9.59 Å². The van der Waals surface area contributed by atoms with Gasteiger partial charge in [0.05, 0.1) is 29.1 Å². The van der Waals surface area contributed by atoms with Crippen LogP contribution >= 0.6 is 0 Å². The molecule has 5 rings (SSSR count). The monoisotopic (exact) mass is 485 g/mol. The van der Waals surface area contributed by atoms with E-state index in [1.165, 1.54) is 5.69 Å². The zero-order valence-electron chi connectivity index (χ0n) is 21.4. The zero-order chi connectivity index (χ0) is 25.6. The predicted octanol–water partition coefficient (Wildman–Crippen LogP) is 4.78. The molecule has 186 valence electrons. The van der Waals surface area contributed by atoms with Gasteiger partial charge in [-0.15, -0.1) is 0 Å². The Morgan fingerprint density at radius 3 is 2.56 bits per heavy atom. The van der Waals surface area contributed by atoms with Crippen LogP contribution in [0.15, 0.2) is 53.5 Å². The molecule has 1 aromatic carbocycles. The van der Waals surface area contributed by atoms with E-state index in [-0.39, 0.29) is 11.7 Å². The lowest BCUT2D eigenvalue weighted by atomic mass is 10.1. The summed E-state index contributed by atoms with van der Waals surface area (Å²) in [5.41, 5.74) is 5.74. The Kier molecular flexibility index (Phi) is 5.90. The topological polar surface area (TPSA) is 82.3 Å². The molecular formula is C28H31N5O3. The van der Waals surface area contributed by atoms with Gasteiger partial charge in [-0.2, -0.15) is 10.2 Å². The van der Waals surface area contributed by atoms with Crippen LogP contribution in [0.3, 0.4) is 0 Å². The van der Waals surface area contributed by atoms with Crippen molar-refractivity contribution in [3.05, 3.63) is 76.0 Å². The first kappa shape index (κ1) is 23.8. The smallest absolute Gasteiger partial charge is 0.410 e. The van der Waals surface area contributed by atoms with Crippen LogP contribution in [0.1, 0.15) is 44.1 Å². The number of amides is 1. The second kappa shape index (κ2) is 8.93. The maximum absolute atomic E-state index is 13.0. The second-order valence-electron chi connectivity index (χ2n) is 10.4. The molecule has 4 aromatic rings. The number of ether oxygens (including phenoxy) is 1.